The van der Waals surface area contributed by atoms with E-state index in [1.54, 1.807) is 0 Å². The lowest BCUT2D eigenvalue weighted by Crippen LogP contribution is -2.10. The van der Waals surface area contributed by atoms with Gasteiger partial charge in [0, 0.05) is 12.5 Å². The van der Waals surface area contributed by atoms with Gasteiger partial charge in [0.05, 0.1) is 6.07 Å². The van der Waals surface area contributed by atoms with Gasteiger partial charge in [0.2, 0.25) is 5.88 Å². The van der Waals surface area contributed by atoms with Crippen LogP contribution in [0, 0.1) is 0 Å². The molecule has 0 bridgehead atoms. The van der Waals surface area contributed by atoms with Gasteiger partial charge in [-0.3, -0.25) is 4.79 Å². The summed E-state index contributed by atoms with van der Waals surface area (Å²) in [5, 5.41) is 3.09. The molecule has 1 aromatic heterocycles. The molecule has 0 atom stereocenters. The quantitative estimate of drug-likeness (QED) is 0.874. The highest BCUT2D eigenvalue weighted by Crippen LogP contribution is 2.38. The molecule has 1 saturated carbocycles. The van der Waals surface area contributed by atoms with Crippen LogP contribution in [0.4, 0.5) is 0 Å². The second-order valence-corrected chi connectivity index (χ2v) is 5.02. The Hall–Kier alpha value is -2.14. The Labute approximate surface area is 117 Å². The molecule has 2 N–H and O–H groups in total. The Bertz CT molecular complexity index is 645. The van der Waals surface area contributed by atoms with Crippen molar-refractivity contribution < 1.29 is 4.74 Å². The van der Waals surface area contributed by atoms with E-state index in [1.807, 2.05) is 31.3 Å². The summed E-state index contributed by atoms with van der Waals surface area (Å²) in [7, 11) is 1.91. The summed E-state index contributed by atoms with van der Waals surface area (Å²) in [6.07, 6.45) is 2.18. The highest BCUT2D eigenvalue weighted by Gasteiger charge is 2.26. The first-order chi connectivity index (χ1) is 9.74. The maximum atomic E-state index is 11.6. The van der Waals surface area contributed by atoms with Crippen LogP contribution < -0.4 is 15.6 Å². The predicted molar refractivity (Wildman–Crippen MR) is 76.1 cm³/mol. The minimum absolute atomic E-state index is 0.163. The van der Waals surface area contributed by atoms with E-state index in [9.17, 15) is 4.79 Å². The first-order valence-electron chi connectivity index (χ1n) is 6.77. The number of ether oxygens (including phenoxy) is 1. The van der Waals surface area contributed by atoms with E-state index in [4.69, 9.17) is 4.74 Å². The van der Waals surface area contributed by atoms with Gasteiger partial charge in [-0.2, -0.15) is 4.98 Å². The van der Waals surface area contributed by atoms with Crippen molar-refractivity contribution in [3.8, 4) is 11.6 Å². The highest BCUT2D eigenvalue weighted by molar-refractivity contribution is 5.30. The molecular weight excluding hydrogens is 254 g/mol. The van der Waals surface area contributed by atoms with Crippen molar-refractivity contribution in [1.82, 2.24) is 15.3 Å². The molecular formula is C15H17N3O2. The van der Waals surface area contributed by atoms with Crippen LogP contribution in [0.15, 0.2) is 35.1 Å². The molecule has 3 rings (SSSR count). The Morgan fingerprint density at radius 3 is 2.75 bits per heavy atom. The normalized spacial score (nSPS) is 14.2. The van der Waals surface area contributed by atoms with Crippen LogP contribution >= 0.6 is 0 Å². The Kier molecular flexibility index (Phi) is 3.52. The van der Waals surface area contributed by atoms with E-state index in [0.717, 1.165) is 25.2 Å². The van der Waals surface area contributed by atoms with E-state index in [1.165, 1.54) is 11.6 Å². The zero-order valence-electron chi connectivity index (χ0n) is 11.3. The van der Waals surface area contributed by atoms with E-state index in [2.05, 4.69) is 15.3 Å². The first-order valence-corrected chi connectivity index (χ1v) is 6.77. The van der Waals surface area contributed by atoms with Crippen LogP contribution in [0.25, 0.3) is 0 Å². The average Bonchev–Trinajstić information content (AvgIpc) is 3.25. The second kappa shape index (κ2) is 5.46. The lowest BCUT2D eigenvalue weighted by molar-refractivity contribution is 0.457. The zero-order valence-corrected chi connectivity index (χ0v) is 11.3. The molecule has 1 aliphatic rings. The molecule has 0 unspecified atom stereocenters. The van der Waals surface area contributed by atoms with Gasteiger partial charge in [0.25, 0.3) is 5.56 Å². The maximum Gasteiger partial charge on any atom is 0.254 e. The van der Waals surface area contributed by atoms with Crippen LogP contribution in [0.5, 0.6) is 11.6 Å². The SMILES string of the molecule is CNCc1ccc(Oc2cc(=O)[nH]c(C3CC3)n2)cc1. The van der Waals surface area contributed by atoms with Gasteiger partial charge >= 0.3 is 0 Å². The molecule has 20 heavy (non-hydrogen) atoms. The van der Waals surface area contributed by atoms with Crippen molar-refractivity contribution in [1.29, 1.82) is 0 Å². The molecule has 1 fully saturated rings. The third-order valence-electron chi connectivity index (χ3n) is 3.23. The third-order valence-corrected chi connectivity index (χ3v) is 3.23. The summed E-state index contributed by atoms with van der Waals surface area (Å²) >= 11 is 0. The van der Waals surface area contributed by atoms with E-state index in [-0.39, 0.29) is 5.56 Å². The van der Waals surface area contributed by atoms with Gasteiger partial charge in [-0.25, -0.2) is 0 Å². The summed E-state index contributed by atoms with van der Waals surface area (Å²) in [4.78, 5) is 18.7. The van der Waals surface area contributed by atoms with Crippen molar-refractivity contribution in [2.45, 2.75) is 25.3 Å². The second-order valence-electron chi connectivity index (χ2n) is 5.02. The Morgan fingerprint density at radius 1 is 1.35 bits per heavy atom. The monoisotopic (exact) mass is 271 g/mol. The fraction of sp³-hybridized carbons (Fsp3) is 0.333. The first kappa shape index (κ1) is 12.9. The van der Waals surface area contributed by atoms with Crippen molar-refractivity contribution in [3.63, 3.8) is 0 Å². The summed E-state index contributed by atoms with van der Waals surface area (Å²) < 4.78 is 5.66. The van der Waals surface area contributed by atoms with E-state index < -0.39 is 0 Å². The molecule has 104 valence electrons. The summed E-state index contributed by atoms with van der Waals surface area (Å²) in [5.41, 5.74) is 1.01. The zero-order chi connectivity index (χ0) is 13.9. The van der Waals surface area contributed by atoms with Crippen molar-refractivity contribution in [2.24, 2.45) is 0 Å². The standard InChI is InChI=1S/C15H17N3O2/c1-16-9-10-2-6-12(7-3-10)20-14-8-13(19)17-15(18-14)11-4-5-11/h2-3,6-8,11,16H,4-5,9H2,1H3,(H,17,18,19). The highest BCUT2D eigenvalue weighted by atomic mass is 16.5. The smallest absolute Gasteiger partial charge is 0.254 e. The molecule has 1 aliphatic carbocycles. The lowest BCUT2D eigenvalue weighted by Gasteiger charge is -2.07. The molecule has 0 aliphatic heterocycles. The third kappa shape index (κ3) is 3.05. The molecule has 0 radical (unpaired) electrons. The van der Waals surface area contributed by atoms with E-state index >= 15 is 0 Å². The van der Waals surface area contributed by atoms with Crippen molar-refractivity contribution >= 4 is 0 Å². The van der Waals surface area contributed by atoms with Crippen LogP contribution in [0.3, 0.4) is 0 Å². The van der Waals surface area contributed by atoms with Crippen LogP contribution in [0.2, 0.25) is 0 Å². The molecule has 1 heterocycles. The van der Waals surface area contributed by atoms with Crippen molar-refractivity contribution in [3.05, 3.63) is 52.1 Å². The molecule has 0 saturated heterocycles. The predicted octanol–water partition coefficient (Wildman–Crippen LogP) is 2.16. The lowest BCUT2D eigenvalue weighted by atomic mass is 10.2. The number of aromatic nitrogens is 2. The molecule has 0 spiro atoms. The van der Waals surface area contributed by atoms with Gasteiger partial charge in [0.1, 0.15) is 11.6 Å². The topological polar surface area (TPSA) is 67.0 Å². The molecule has 5 nitrogen and oxygen atoms in total. The maximum absolute atomic E-state index is 11.6. The number of rotatable bonds is 5. The van der Waals surface area contributed by atoms with Crippen molar-refractivity contribution in [2.75, 3.05) is 7.05 Å². The largest absolute Gasteiger partial charge is 0.439 e. The van der Waals surface area contributed by atoms with Gasteiger partial charge in [-0.15, -0.1) is 0 Å². The average molecular weight is 271 g/mol. The Morgan fingerprint density at radius 2 is 2.10 bits per heavy atom. The molecule has 0 amide bonds. The Balaban J connectivity index is 1.78. The van der Waals surface area contributed by atoms with Crippen LogP contribution in [0.1, 0.15) is 30.1 Å². The van der Waals surface area contributed by atoms with Crippen LogP contribution in [-0.4, -0.2) is 17.0 Å². The number of aromatic amines is 1. The number of nitrogens with one attached hydrogen (secondary N) is 2. The number of benzene rings is 1. The summed E-state index contributed by atoms with van der Waals surface area (Å²) in [6.45, 7) is 0.815. The fourth-order valence-corrected chi connectivity index (χ4v) is 2.06. The van der Waals surface area contributed by atoms with Gasteiger partial charge < -0.3 is 15.0 Å². The summed E-state index contributed by atoms with van der Waals surface area (Å²) in [5.74, 6) is 2.17. The van der Waals surface area contributed by atoms with E-state index in [0.29, 0.717) is 17.5 Å². The van der Waals surface area contributed by atoms with Gasteiger partial charge in [-0.05, 0) is 37.6 Å². The minimum atomic E-state index is -0.163. The molecule has 1 aromatic carbocycles. The number of hydrogen-bond donors (Lipinski definition) is 2. The summed E-state index contributed by atoms with van der Waals surface area (Å²) in [6, 6.07) is 9.12. The minimum Gasteiger partial charge on any atom is -0.439 e. The number of nitrogens with zero attached hydrogens (tertiary/aromatic N) is 1. The molecule has 2 aromatic rings. The number of H-pyrrole nitrogens is 1. The van der Waals surface area contributed by atoms with Gasteiger partial charge in [-0.1, -0.05) is 12.1 Å². The number of hydrogen-bond acceptors (Lipinski definition) is 4. The van der Waals surface area contributed by atoms with Gasteiger partial charge in [0.15, 0.2) is 0 Å². The van der Waals surface area contributed by atoms with Crippen LogP contribution in [-0.2, 0) is 6.54 Å². The molecule has 5 heteroatoms. The fourth-order valence-electron chi connectivity index (χ4n) is 2.06.